The van der Waals surface area contributed by atoms with Crippen molar-refractivity contribution >= 4 is 0 Å². The molecule has 2 saturated carbocycles. The van der Waals surface area contributed by atoms with Crippen LogP contribution in [0.25, 0.3) is 0 Å². The molecule has 21 heavy (non-hydrogen) atoms. The van der Waals surface area contributed by atoms with Crippen molar-refractivity contribution in [2.45, 2.75) is 65.5 Å². The van der Waals surface area contributed by atoms with Gasteiger partial charge < -0.3 is 11.5 Å². The van der Waals surface area contributed by atoms with Crippen molar-refractivity contribution in [3.05, 3.63) is 35.9 Å². The van der Waals surface area contributed by atoms with Gasteiger partial charge in [-0.05, 0) is 42.6 Å². The Kier molecular flexibility index (Phi) is 7.41. The Morgan fingerprint density at radius 1 is 1.14 bits per heavy atom. The van der Waals surface area contributed by atoms with Gasteiger partial charge in [0.1, 0.15) is 0 Å². The number of benzene rings is 1. The smallest absolute Gasteiger partial charge is 0.0188 e. The zero-order chi connectivity index (χ0) is 15.9. The minimum absolute atomic E-state index is 0.254. The lowest BCUT2D eigenvalue weighted by molar-refractivity contribution is -0.111. The predicted octanol–water partition coefficient (Wildman–Crippen LogP) is 4.33. The Bertz CT molecular complexity index is 390. The van der Waals surface area contributed by atoms with Gasteiger partial charge in [0, 0.05) is 12.1 Å². The van der Waals surface area contributed by atoms with Gasteiger partial charge in [0.15, 0.2) is 0 Å². The highest BCUT2D eigenvalue weighted by Crippen LogP contribution is 2.60. The first-order chi connectivity index (χ1) is 10.1. The average Bonchev–Trinajstić information content (AvgIpc) is 2.54. The van der Waals surface area contributed by atoms with Crippen molar-refractivity contribution in [3.8, 4) is 0 Å². The Labute approximate surface area is 131 Å². The first kappa shape index (κ1) is 18.2. The molecule has 2 nitrogen and oxygen atoms in total. The van der Waals surface area contributed by atoms with Crippen LogP contribution in [0.4, 0.5) is 0 Å². The van der Waals surface area contributed by atoms with Crippen LogP contribution < -0.4 is 11.5 Å². The van der Waals surface area contributed by atoms with Crippen molar-refractivity contribution in [1.29, 1.82) is 0 Å². The van der Waals surface area contributed by atoms with E-state index in [0.717, 1.165) is 17.8 Å². The van der Waals surface area contributed by atoms with Crippen LogP contribution in [0.2, 0.25) is 0 Å². The first-order valence-electron chi connectivity index (χ1n) is 8.67. The Hall–Kier alpha value is -0.860. The second kappa shape index (κ2) is 8.55. The highest BCUT2D eigenvalue weighted by Gasteiger charge is 2.59. The van der Waals surface area contributed by atoms with Gasteiger partial charge in [-0.1, -0.05) is 64.4 Å². The van der Waals surface area contributed by atoms with Crippen LogP contribution in [0.3, 0.4) is 0 Å². The molecule has 2 heteroatoms. The minimum atomic E-state index is 0.254. The Morgan fingerprint density at radius 3 is 2.14 bits per heavy atom. The van der Waals surface area contributed by atoms with E-state index in [1.54, 1.807) is 0 Å². The lowest BCUT2D eigenvalue weighted by atomic mass is 9.43. The van der Waals surface area contributed by atoms with Gasteiger partial charge in [0.05, 0.1) is 0 Å². The van der Waals surface area contributed by atoms with E-state index in [9.17, 15) is 0 Å². The van der Waals surface area contributed by atoms with Gasteiger partial charge in [-0.25, -0.2) is 0 Å². The van der Waals surface area contributed by atoms with Crippen LogP contribution in [0.1, 0.15) is 58.9 Å². The molecule has 0 aromatic heterocycles. The second-order valence-corrected chi connectivity index (χ2v) is 6.17. The molecule has 2 fully saturated rings. The van der Waals surface area contributed by atoms with Crippen molar-refractivity contribution < 1.29 is 0 Å². The summed E-state index contributed by atoms with van der Waals surface area (Å²) in [6, 6.07) is 9.99. The van der Waals surface area contributed by atoms with Crippen molar-refractivity contribution in [2.75, 3.05) is 0 Å². The van der Waals surface area contributed by atoms with Gasteiger partial charge >= 0.3 is 0 Å². The maximum absolute atomic E-state index is 6.25. The summed E-state index contributed by atoms with van der Waals surface area (Å²) in [5.74, 6) is 2.89. The third-order valence-electron chi connectivity index (χ3n) is 5.19. The molecule has 0 spiro atoms. The zero-order valence-corrected chi connectivity index (χ0v) is 14.3. The molecule has 0 saturated heterocycles. The van der Waals surface area contributed by atoms with Crippen molar-refractivity contribution in [3.63, 3.8) is 0 Å². The maximum Gasteiger partial charge on any atom is 0.0188 e. The van der Waals surface area contributed by atoms with Crippen LogP contribution in [-0.4, -0.2) is 5.54 Å². The lowest BCUT2D eigenvalue weighted by Crippen LogP contribution is -2.68. The van der Waals surface area contributed by atoms with Crippen LogP contribution in [0, 0.1) is 17.8 Å². The molecule has 0 radical (unpaired) electrons. The van der Waals surface area contributed by atoms with Crippen LogP contribution in [-0.2, 0) is 6.54 Å². The Balaban J connectivity index is 0.000000196. The predicted molar refractivity (Wildman–Crippen MR) is 92.9 cm³/mol. The fourth-order valence-electron chi connectivity index (χ4n) is 3.90. The number of hydrogen-bond acceptors (Lipinski definition) is 2. The molecule has 1 aromatic carbocycles. The molecule has 4 N–H and O–H groups in total. The first-order valence-corrected chi connectivity index (χ1v) is 8.67. The molecule has 0 amide bonds. The molecule has 2 aliphatic rings. The van der Waals surface area contributed by atoms with E-state index in [0.29, 0.717) is 6.54 Å². The summed E-state index contributed by atoms with van der Waals surface area (Å²) in [6.07, 6.45) is 5.32. The molecule has 120 valence electrons. The van der Waals surface area contributed by atoms with E-state index in [1.165, 1.54) is 31.2 Å². The number of rotatable bonds is 3. The fraction of sp³-hybridized carbons (Fsp3) is 0.684. The average molecular weight is 290 g/mol. The van der Waals surface area contributed by atoms with E-state index in [2.05, 4.69) is 13.8 Å². The summed E-state index contributed by atoms with van der Waals surface area (Å²) in [5, 5.41) is 0. The van der Waals surface area contributed by atoms with E-state index >= 15 is 0 Å². The van der Waals surface area contributed by atoms with Gasteiger partial charge in [-0.3, -0.25) is 0 Å². The van der Waals surface area contributed by atoms with Crippen LogP contribution in [0.5, 0.6) is 0 Å². The Morgan fingerprint density at radius 2 is 1.76 bits per heavy atom. The number of nitrogens with two attached hydrogens (primary N) is 2. The standard InChI is InChI=1S/C10H19N.C7H9N.C2H6/c1-3-7-5-8-6-10(11,4-2)9(7)8;8-6-7-4-2-1-3-5-7;1-2/h7-9H,3-6,11H2,1-2H3;1-5H,6,8H2;1-2H3. The van der Waals surface area contributed by atoms with Gasteiger partial charge in [-0.2, -0.15) is 0 Å². The summed E-state index contributed by atoms with van der Waals surface area (Å²) < 4.78 is 0. The molecule has 0 aliphatic heterocycles. The second-order valence-electron chi connectivity index (χ2n) is 6.17. The summed E-state index contributed by atoms with van der Waals surface area (Å²) in [4.78, 5) is 0. The topological polar surface area (TPSA) is 52.0 Å². The maximum atomic E-state index is 6.25. The van der Waals surface area contributed by atoms with E-state index in [-0.39, 0.29) is 5.54 Å². The van der Waals surface area contributed by atoms with E-state index < -0.39 is 0 Å². The fourth-order valence-corrected chi connectivity index (χ4v) is 3.90. The SMILES string of the molecule is CC.CCC1CC2CC(N)(CC)C12.NCc1ccccc1. The van der Waals surface area contributed by atoms with Crippen molar-refractivity contribution in [2.24, 2.45) is 29.2 Å². The normalized spacial score (nSPS) is 32.2. The zero-order valence-electron chi connectivity index (χ0n) is 14.3. The van der Waals surface area contributed by atoms with Crippen LogP contribution >= 0.6 is 0 Å². The highest BCUT2D eigenvalue weighted by atomic mass is 14.9. The summed E-state index contributed by atoms with van der Waals surface area (Å²) in [7, 11) is 0. The molecule has 4 atom stereocenters. The highest BCUT2D eigenvalue weighted by molar-refractivity contribution is 5.14. The third kappa shape index (κ3) is 4.08. The minimum Gasteiger partial charge on any atom is -0.326 e. The molecular formula is C19H34N2. The summed E-state index contributed by atoms with van der Waals surface area (Å²) in [6.45, 7) is 9.18. The van der Waals surface area contributed by atoms with E-state index in [4.69, 9.17) is 11.5 Å². The molecular weight excluding hydrogens is 256 g/mol. The number of fused-ring (bicyclic) bond motifs is 1. The molecule has 1 aromatic rings. The summed E-state index contributed by atoms with van der Waals surface area (Å²) >= 11 is 0. The van der Waals surface area contributed by atoms with Crippen LogP contribution in [0.15, 0.2) is 30.3 Å². The van der Waals surface area contributed by atoms with Gasteiger partial charge in [-0.15, -0.1) is 0 Å². The molecule has 0 heterocycles. The van der Waals surface area contributed by atoms with Gasteiger partial charge in [0.2, 0.25) is 0 Å². The molecule has 0 bridgehead atoms. The monoisotopic (exact) mass is 290 g/mol. The summed E-state index contributed by atoms with van der Waals surface area (Å²) in [5.41, 5.74) is 13.0. The number of hydrogen-bond donors (Lipinski definition) is 2. The third-order valence-corrected chi connectivity index (χ3v) is 5.19. The molecule has 2 aliphatic carbocycles. The quantitative estimate of drug-likeness (QED) is 0.870. The van der Waals surface area contributed by atoms with Gasteiger partial charge in [0.25, 0.3) is 0 Å². The molecule has 4 unspecified atom stereocenters. The van der Waals surface area contributed by atoms with Crippen molar-refractivity contribution in [1.82, 2.24) is 0 Å². The lowest BCUT2D eigenvalue weighted by Gasteiger charge is -2.64. The van der Waals surface area contributed by atoms with E-state index in [1.807, 2.05) is 44.2 Å². The largest absolute Gasteiger partial charge is 0.326 e. The molecule has 3 rings (SSSR count).